The molecule has 0 radical (unpaired) electrons. The third kappa shape index (κ3) is 1.76. The number of carbonyl (C=O) groups is 1. The van der Waals surface area contributed by atoms with Gasteiger partial charge in [0.2, 0.25) is 5.91 Å². The van der Waals surface area contributed by atoms with Crippen molar-refractivity contribution in [3.8, 4) is 0 Å². The fourth-order valence-electron chi connectivity index (χ4n) is 1.92. The molecule has 1 heterocycles. The lowest BCUT2D eigenvalue weighted by atomic mass is 10.0. The average Bonchev–Trinajstić information content (AvgIpc) is 2.29. The summed E-state index contributed by atoms with van der Waals surface area (Å²) in [5.41, 5.74) is 7.94. The molecule has 0 saturated heterocycles. The molecular formula is C13H14N2O. The minimum absolute atomic E-state index is 0.402. The van der Waals surface area contributed by atoms with Gasteiger partial charge in [-0.05, 0) is 18.1 Å². The number of hydrogen-bond donors (Lipinski definition) is 1. The molecule has 0 fully saturated rings. The Morgan fingerprint density at radius 3 is 2.88 bits per heavy atom. The van der Waals surface area contributed by atoms with Crippen LogP contribution >= 0.6 is 0 Å². The number of hydrogen-bond acceptors (Lipinski definition) is 2. The third-order valence-electron chi connectivity index (χ3n) is 2.64. The summed E-state index contributed by atoms with van der Waals surface area (Å²) in [7, 11) is 0. The van der Waals surface area contributed by atoms with E-state index in [4.69, 9.17) is 5.73 Å². The highest BCUT2D eigenvalue weighted by molar-refractivity contribution is 6.05. The Bertz CT molecular complexity index is 534. The molecule has 2 rings (SSSR count). The van der Waals surface area contributed by atoms with Crippen LogP contribution in [-0.2, 0) is 6.42 Å². The maximum Gasteiger partial charge on any atom is 0.249 e. The van der Waals surface area contributed by atoms with Crippen molar-refractivity contribution < 1.29 is 4.79 Å². The van der Waals surface area contributed by atoms with E-state index in [-0.39, 0.29) is 0 Å². The molecular weight excluding hydrogens is 200 g/mol. The smallest absolute Gasteiger partial charge is 0.249 e. The Morgan fingerprint density at radius 2 is 2.19 bits per heavy atom. The largest absolute Gasteiger partial charge is 0.366 e. The second kappa shape index (κ2) is 4.31. The first-order valence-corrected chi connectivity index (χ1v) is 5.40. The van der Waals surface area contributed by atoms with Crippen LogP contribution in [0.25, 0.3) is 10.9 Å². The Balaban J connectivity index is 2.71. The number of benzene rings is 1. The molecule has 16 heavy (non-hydrogen) atoms. The fourth-order valence-corrected chi connectivity index (χ4v) is 1.92. The molecule has 0 saturated carbocycles. The van der Waals surface area contributed by atoms with Gasteiger partial charge in [0.25, 0.3) is 0 Å². The van der Waals surface area contributed by atoms with Crippen molar-refractivity contribution in [2.24, 2.45) is 5.73 Å². The van der Waals surface area contributed by atoms with E-state index in [9.17, 15) is 4.79 Å². The summed E-state index contributed by atoms with van der Waals surface area (Å²) in [6.07, 6.45) is 3.66. The van der Waals surface area contributed by atoms with Crippen molar-refractivity contribution in [3.63, 3.8) is 0 Å². The average molecular weight is 214 g/mol. The molecule has 0 bridgehead atoms. The van der Waals surface area contributed by atoms with Gasteiger partial charge in [-0.25, -0.2) is 0 Å². The van der Waals surface area contributed by atoms with Crippen molar-refractivity contribution in [1.82, 2.24) is 4.98 Å². The lowest BCUT2D eigenvalue weighted by molar-refractivity contribution is 0.100. The maximum absolute atomic E-state index is 11.3. The van der Waals surface area contributed by atoms with Crippen LogP contribution < -0.4 is 5.73 Å². The third-order valence-corrected chi connectivity index (χ3v) is 2.64. The van der Waals surface area contributed by atoms with Gasteiger partial charge >= 0.3 is 0 Å². The van der Waals surface area contributed by atoms with Crippen LogP contribution in [0.2, 0.25) is 0 Å². The van der Waals surface area contributed by atoms with E-state index in [2.05, 4.69) is 11.9 Å². The van der Waals surface area contributed by atoms with Crippen LogP contribution in [0.15, 0.2) is 30.5 Å². The van der Waals surface area contributed by atoms with Crippen LogP contribution in [0.1, 0.15) is 29.3 Å². The van der Waals surface area contributed by atoms with E-state index < -0.39 is 5.91 Å². The summed E-state index contributed by atoms with van der Waals surface area (Å²) in [6.45, 7) is 2.12. The molecule has 0 atom stereocenters. The topological polar surface area (TPSA) is 56.0 Å². The number of nitrogens with zero attached hydrogens (tertiary/aromatic N) is 1. The Labute approximate surface area is 94.3 Å². The van der Waals surface area contributed by atoms with Gasteiger partial charge in [0.05, 0.1) is 11.1 Å². The molecule has 82 valence electrons. The van der Waals surface area contributed by atoms with E-state index in [0.29, 0.717) is 5.56 Å². The van der Waals surface area contributed by atoms with Crippen molar-refractivity contribution >= 4 is 16.8 Å². The zero-order valence-corrected chi connectivity index (χ0v) is 9.23. The first kappa shape index (κ1) is 10.6. The Hall–Kier alpha value is -1.90. The highest BCUT2D eigenvalue weighted by Gasteiger charge is 2.08. The van der Waals surface area contributed by atoms with Crippen molar-refractivity contribution in [3.05, 3.63) is 41.6 Å². The molecule has 0 spiro atoms. The molecule has 0 unspecified atom stereocenters. The number of carbonyl (C=O) groups excluding carboxylic acids is 1. The molecule has 0 aliphatic carbocycles. The Kier molecular flexibility index (Phi) is 2.86. The minimum Gasteiger partial charge on any atom is -0.366 e. The van der Waals surface area contributed by atoms with Gasteiger partial charge in [-0.1, -0.05) is 31.5 Å². The molecule has 1 amide bonds. The minimum atomic E-state index is -0.402. The van der Waals surface area contributed by atoms with Gasteiger partial charge in [0, 0.05) is 11.6 Å². The lowest BCUT2D eigenvalue weighted by Gasteiger charge is -2.06. The van der Waals surface area contributed by atoms with Crippen molar-refractivity contribution in [2.45, 2.75) is 19.8 Å². The number of pyridine rings is 1. The molecule has 2 N–H and O–H groups in total. The van der Waals surface area contributed by atoms with Crippen LogP contribution in [-0.4, -0.2) is 10.9 Å². The summed E-state index contributed by atoms with van der Waals surface area (Å²) in [6, 6.07) is 7.55. The van der Waals surface area contributed by atoms with Gasteiger partial charge in [-0.3, -0.25) is 9.78 Å². The van der Waals surface area contributed by atoms with Crippen LogP contribution in [0.5, 0.6) is 0 Å². The number of primary amides is 1. The highest BCUT2D eigenvalue weighted by atomic mass is 16.1. The van der Waals surface area contributed by atoms with Crippen LogP contribution in [0, 0.1) is 0 Å². The first-order chi connectivity index (χ1) is 7.74. The summed E-state index contributed by atoms with van der Waals surface area (Å²) in [5, 5.41) is 0.848. The first-order valence-electron chi connectivity index (χ1n) is 5.40. The number of para-hydroxylation sites is 1. The molecule has 3 heteroatoms. The van der Waals surface area contributed by atoms with E-state index in [1.807, 2.05) is 18.2 Å². The number of amides is 1. The number of aryl methyl sites for hydroxylation is 1. The summed E-state index contributed by atoms with van der Waals surface area (Å²) in [4.78, 5) is 15.6. The summed E-state index contributed by atoms with van der Waals surface area (Å²) < 4.78 is 0. The van der Waals surface area contributed by atoms with Gasteiger partial charge in [-0.15, -0.1) is 0 Å². The maximum atomic E-state index is 11.3. The number of aromatic nitrogens is 1. The zero-order chi connectivity index (χ0) is 11.5. The molecule has 1 aromatic heterocycles. The number of rotatable bonds is 3. The van der Waals surface area contributed by atoms with E-state index in [1.54, 1.807) is 12.3 Å². The van der Waals surface area contributed by atoms with Gasteiger partial charge in [0.15, 0.2) is 0 Å². The van der Waals surface area contributed by atoms with Gasteiger partial charge in [-0.2, -0.15) is 0 Å². The van der Waals surface area contributed by atoms with Crippen LogP contribution in [0.4, 0.5) is 0 Å². The monoisotopic (exact) mass is 214 g/mol. The highest BCUT2D eigenvalue weighted by Crippen LogP contribution is 2.20. The lowest BCUT2D eigenvalue weighted by Crippen LogP contribution is -2.11. The Morgan fingerprint density at radius 1 is 1.38 bits per heavy atom. The van der Waals surface area contributed by atoms with E-state index >= 15 is 0 Å². The SMILES string of the molecule is CCCc1cccc2c(C(N)=O)ccnc12. The van der Waals surface area contributed by atoms with Crippen molar-refractivity contribution in [2.75, 3.05) is 0 Å². The normalized spacial score (nSPS) is 10.6. The predicted octanol–water partition coefficient (Wildman–Crippen LogP) is 2.29. The molecule has 0 aliphatic heterocycles. The zero-order valence-electron chi connectivity index (χ0n) is 9.23. The van der Waals surface area contributed by atoms with E-state index in [0.717, 1.165) is 23.7 Å². The molecule has 2 aromatic rings. The standard InChI is InChI=1S/C13H14N2O/c1-2-4-9-5-3-6-10-11(13(14)16)7-8-15-12(9)10/h3,5-8H,2,4H2,1H3,(H2,14,16). The number of nitrogens with two attached hydrogens (primary N) is 1. The van der Waals surface area contributed by atoms with Crippen molar-refractivity contribution in [1.29, 1.82) is 0 Å². The second-order valence-electron chi connectivity index (χ2n) is 3.79. The quantitative estimate of drug-likeness (QED) is 0.852. The molecule has 3 nitrogen and oxygen atoms in total. The molecule has 0 aliphatic rings. The number of fused-ring (bicyclic) bond motifs is 1. The fraction of sp³-hybridized carbons (Fsp3) is 0.231. The predicted molar refractivity (Wildman–Crippen MR) is 64.3 cm³/mol. The summed E-state index contributed by atoms with van der Waals surface area (Å²) >= 11 is 0. The van der Waals surface area contributed by atoms with Gasteiger partial charge in [0.1, 0.15) is 0 Å². The van der Waals surface area contributed by atoms with Gasteiger partial charge < -0.3 is 5.73 Å². The molecule has 1 aromatic carbocycles. The second-order valence-corrected chi connectivity index (χ2v) is 3.79. The van der Waals surface area contributed by atoms with Crippen LogP contribution in [0.3, 0.4) is 0 Å². The summed E-state index contributed by atoms with van der Waals surface area (Å²) in [5.74, 6) is -0.402. The van der Waals surface area contributed by atoms with E-state index in [1.165, 1.54) is 5.56 Å².